The van der Waals surface area contributed by atoms with Gasteiger partial charge in [-0.3, -0.25) is 4.21 Å². The van der Waals surface area contributed by atoms with Gasteiger partial charge in [0.25, 0.3) is 0 Å². The average molecular weight is 190 g/mol. The average Bonchev–Trinajstić information content (AvgIpc) is 2.02. The molecule has 6 heteroatoms. The van der Waals surface area contributed by atoms with Gasteiger partial charge in [-0.2, -0.15) is 0 Å². The summed E-state index contributed by atoms with van der Waals surface area (Å²) in [7, 11) is 3.46. The van der Waals surface area contributed by atoms with Crippen LogP contribution in [0.25, 0.3) is 0 Å². The highest BCUT2D eigenvalue weighted by molar-refractivity contribution is 7.82. The van der Waals surface area contributed by atoms with Crippen LogP contribution in [0, 0.1) is 0 Å². The Hall–Kier alpha value is -1.01. The fraction of sp³-hybridized carbons (Fsp3) is 0.333. The summed E-state index contributed by atoms with van der Waals surface area (Å²) in [6.45, 7) is 0. The minimum atomic E-state index is -2.16. The Morgan fingerprint density at radius 3 is 2.58 bits per heavy atom. The lowest BCUT2D eigenvalue weighted by atomic mass is 10.7. The van der Waals surface area contributed by atoms with Crippen LogP contribution in [0.4, 0.5) is 0 Å². The molecule has 0 aromatic carbocycles. The lowest BCUT2D eigenvalue weighted by Crippen LogP contribution is -2.20. The zero-order valence-corrected chi connectivity index (χ0v) is 7.77. The van der Waals surface area contributed by atoms with E-state index in [1.807, 2.05) is 0 Å². The van der Waals surface area contributed by atoms with Gasteiger partial charge < -0.3 is 20.5 Å². The molecule has 0 aliphatic carbocycles. The van der Waals surface area contributed by atoms with E-state index in [9.17, 15) is 8.76 Å². The summed E-state index contributed by atoms with van der Waals surface area (Å²) < 4.78 is 20.1. The van der Waals surface area contributed by atoms with Gasteiger partial charge in [-0.25, -0.2) is 0 Å². The van der Waals surface area contributed by atoms with Gasteiger partial charge in [0.05, 0.1) is 0 Å². The van der Waals surface area contributed by atoms with E-state index in [2.05, 4.69) is 16.0 Å². The number of nitrogens with one attached hydrogen (secondary N) is 3. The highest BCUT2D eigenvalue weighted by Gasteiger charge is 1.84. The van der Waals surface area contributed by atoms with E-state index < -0.39 is 11.1 Å². The SMILES string of the molecule is CN/C=C(\NC)N/C=C\S(=O)[O-]. The second-order valence-corrected chi connectivity index (χ2v) is 2.60. The van der Waals surface area contributed by atoms with Crippen molar-refractivity contribution in [3.8, 4) is 0 Å². The minimum Gasteiger partial charge on any atom is -0.769 e. The monoisotopic (exact) mass is 190 g/mol. The predicted molar refractivity (Wildman–Crippen MR) is 47.4 cm³/mol. The highest BCUT2D eigenvalue weighted by atomic mass is 32.2. The van der Waals surface area contributed by atoms with E-state index in [0.29, 0.717) is 5.82 Å². The van der Waals surface area contributed by atoms with Gasteiger partial charge in [0.15, 0.2) is 0 Å². The second-order valence-electron chi connectivity index (χ2n) is 1.80. The van der Waals surface area contributed by atoms with Crippen LogP contribution in [-0.4, -0.2) is 22.9 Å². The molecule has 0 rings (SSSR count). The first-order valence-corrected chi connectivity index (χ1v) is 4.41. The highest BCUT2D eigenvalue weighted by Crippen LogP contribution is 1.80. The Morgan fingerprint density at radius 2 is 2.17 bits per heavy atom. The quantitative estimate of drug-likeness (QED) is 0.493. The summed E-state index contributed by atoms with van der Waals surface area (Å²) in [5, 5.41) is 9.32. The van der Waals surface area contributed by atoms with Crippen molar-refractivity contribution >= 4 is 11.1 Å². The van der Waals surface area contributed by atoms with Crippen LogP contribution in [0.5, 0.6) is 0 Å². The molecule has 0 aliphatic rings. The third kappa shape index (κ3) is 5.75. The normalized spacial score (nSPS) is 14.4. The first-order chi connectivity index (χ1) is 5.70. The van der Waals surface area contributed by atoms with E-state index in [1.54, 1.807) is 20.3 Å². The van der Waals surface area contributed by atoms with Gasteiger partial charge in [-0.05, 0) is 11.1 Å². The van der Waals surface area contributed by atoms with Crippen LogP contribution in [0.3, 0.4) is 0 Å². The molecule has 0 bridgehead atoms. The fourth-order valence-electron chi connectivity index (χ4n) is 0.510. The molecule has 0 fully saturated rings. The summed E-state index contributed by atoms with van der Waals surface area (Å²) in [5.74, 6) is 0.680. The maximum absolute atomic E-state index is 10.0. The molecule has 0 saturated heterocycles. The smallest absolute Gasteiger partial charge is 0.119 e. The first kappa shape index (κ1) is 11.0. The van der Waals surface area contributed by atoms with E-state index in [-0.39, 0.29) is 0 Å². The van der Waals surface area contributed by atoms with Gasteiger partial charge in [0.2, 0.25) is 0 Å². The molecule has 3 N–H and O–H groups in total. The predicted octanol–water partition coefficient (Wildman–Crippen LogP) is -0.836. The third-order valence-electron chi connectivity index (χ3n) is 0.976. The summed E-state index contributed by atoms with van der Waals surface area (Å²) >= 11 is -2.16. The van der Waals surface area contributed by atoms with Gasteiger partial charge >= 0.3 is 0 Å². The maximum atomic E-state index is 10.0. The molecule has 0 saturated carbocycles. The summed E-state index contributed by atoms with van der Waals surface area (Å²) in [5.41, 5.74) is 0. The van der Waals surface area contributed by atoms with E-state index in [1.165, 1.54) is 6.20 Å². The van der Waals surface area contributed by atoms with Crippen molar-refractivity contribution in [2.75, 3.05) is 14.1 Å². The Kier molecular flexibility index (Phi) is 6.12. The van der Waals surface area contributed by atoms with Crippen LogP contribution >= 0.6 is 0 Å². The maximum Gasteiger partial charge on any atom is 0.119 e. The Balaban J connectivity index is 3.88. The summed E-state index contributed by atoms with van der Waals surface area (Å²) in [6, 6.07) is 0. The van der Waals surface area contributed by atoms with E-state index in [0.717, 1.165) is 5.41 Å². The Morgan fingerprint density at radius 1 is 1.50 bits per heavy atom. The minimum absolute atomic E-state index is 0.680. The van der Waals surface area contributed by atoms with Crippen LogP contribution in [0.2, 0.25) is 0 Å². The zero-order valence-electron chi connectivity index (χ0n) is 6.96. The molecule has 0 spiro atoms. The standard InChI is InChI=1S/C6H13N3O2S/c1-7-5-6(8-2)9-3-4-12(10)11/h3-5,7-9H,1-2H3,(H,10,11)/p-1/b4-3-,6-5+. The number of hydrogen-bond acceptors (Lipinski definition) is 5. The molecule has 0 aliphatic heterocycles. The fourth-order valence-corrected chi connectivity index (χ4v) is 0.689. The molecule has 5 nitrogen and oxygen atoms in total. The van der Waals surface area contributed by atoms with Crippen molar-refractivity contribution in [1.82, 2.24) is 16.0 Å². The molecular formula is C6H12N3O2S-. The van der Waals surface area contributed by atoms with Crippen molar-refractivity contribution < 1.29 is 8.76 Å². The molecular weight excluding hydrogens is 178 g/mol. The van der Waals surface area contributed by atoms with Crippen molar-refractivity contribution in [1.29, 1.82) is 0 Å². The molecule has 0 radical (unpaired) electrons. The van der Waals surface area contributed by atoms with Crippen molar-refractivity contribution in [2.24, 2.45) is 0 Å². The zero-order chi connectivity index (χ0) is 9.40. The topological polar surface area (TPSA) is 76.2 Å². The Bertz CT molecular complexity index is 203. The number of rotatable bonds is 5. The lowest BCUT2D eigenvalue weighted by Gasteiger charge is -2.05. The summed E-state index contributed by atoms with van der Waals surface area (Å²) in [6.07, 6.45) is 2.99. The van der Waals surface area contributed by atoms with Gasteiger partial charge in [-0.1, -0.05) is 0 Å². The third-order valence-corrected chi connectivity index (χ3v) is 1.33. The molecule has 0 aromatic heterocycles. The molecule has 0 aromatic rings. The van der Waals surface area contributed by atoms with Crippen LogP contribution < -0.4 is 16.0 Å². The largest absolute Gasteiger partial charge is 0.769 e. The van der Waals surface area contributed by atoms with E-state index >= 15 is 0 Å². The molecule has 0 amide bonds. The van der Waals surface area contributed by atoms with Gasteiger partial charge in [0, 0.05) is 31.9 Å². The van der Waals surface area contributed by atoms with E-state index in [4.69, 9.17) is 0 Å². The van der Waals surface area contributed by atoms with Gasteiger partial charge in [-0.15, -0.1) is 0 Å². The lowest BCUT2D eigenvalue weighted by molar-refractivity contribution is 0.546. The second kappa shape index (κ2) is 6.68. The van der Waals surface area contributed by atoms with Crippen molar-refractivity contribution in [2.45, 2.75) is 0 Å². The van der Waals surface area contributed by atoms with Crippen LogP contribution in [0.15, 0.2) is 23.6 Å². The van der Waals surface area contributed by atoms with Crippen LogP contribution in [-0.2, 0) is 11.1 Å². The summed E-state index contributed by atoms with van der Waals surface area (Å²) in [4.78, 5) is 0. The Labute approximate surface area is 74.2 Å². The first-order valence-electron chi connectivity index (χ1n) is 3.27. The van der Waals surface area contributed by atoms with Gasteiger partial charge in [0.1, 0.15) is 5.82 Å². The molecule has 1 atom stereocenters. The molecule has 1 unspecified atom stereocenters. The molecule has 12 heavy (non-hydrogen) atoms. The van der Waals surface area contributed by atoms with Crippen molar-refractivity contribution in [3.63, 3.8) is 0 Å². The molecule has 0 heterocycles. The number of hydrogen-bond donors (Lipinski definition) is 3. The molecule has 70 valence electrons. The van der Waals surface area contributed by atoms with Crippen molar-refractivity contribution in [3.05, 3.63) is 23.6 Å². The van der Waals surface area contributed by atoms with Crippen LogP contribution in [0.1, 0.15) is 0 Å².